The molecule has 13 heavy (non-hydrogen) atoms. The average molecular weight is 184 g/mol. The molecule has 72 valence electrons. The SMILES string of the molecule is COC(=O)[C@H](C)n1[nH]c(C)cc1=O. The van der Waals surface area contributed by atoms with Gasteiger partial charge in [-0.25, -0.2) is 9.48 Å². The first kappa shape index (κ1) is 9.57. The van der Waals surface area contributed by atoms with Crippen LogP contribution in [-0.2, 0) is 9.53 Å². The first-order chi connectivity index (χ1) is 6.06. The van der Waals surface area contributed by atoms with Gasteiger partial charge in [-0.2, -0.15) is 0 Å². The Morgan fingerprint density at radius 1 is 1.69 bits per heavy atom. The van der Waals surface area contributed by atoms with Crippen molar-refractivity contribution in [1.82, 2.24) is 9.78 Å². The molecule has 0 fully saturated rings. The van der Waals surface area contributed by atoms with E-state index in [0.29, 0.717) is 0 Å². The fourth-order valence-electron chi connectivity index (χ4n) is 1.10. The van der Waals surface area contributed by atoms with Crippen molar-refractivity contribution < 1.29 is 9.53 Å². The summed E-state index contributed by atoms with van der Waals surface area (Å²) in [6, 6.07) is 0.825. The molecule has 0 saturated heterocycles. The second-order valence-electron chi connectivity index (χ2n) is 2.85. The topological polar surface area (TPSA) is 64.1 Å². The van der Waals surface area contributed by atoms with Crippen LogP contribution in [0.2, 0.25) is 0 Å². The quantitative estimate of drug-likeness (QED) is 0.668. The van der Waals surface area contributed by atoms with E-state index in [2.05, 4.69) is 9.84 Å². The van der Waals surface area contributed by atoms with E-state index in [0.717, 1.165) is 5.69 Å². The number of esters is 1. The van der Waals surface area contributed by atoms with Crippen molar-refractivity contribution in [1.29, 1.82) is 0 Å². The van der Waals surface area contributed by atoms with Crippen molar-refractivity contribution in [2.75, 3.05) is 7.11 Å². The van der Waals surface area contributed by atoms with Crippen molar-refractivity contribution in [3.8, 4) is 0 Å². The highest BCUT2D eigenvalue weighted by molar-refractivity contribution is 5.73. The zero-order chi connectivity index (χ0) is 10.0. The van der Waals surface area contributed by atoms with Crippen molar-refractivity contribution in [2.45, 2.75) is 19.9 Å². The Morgan fingerprint density at radius 3 is 2.69 bits per heavy atom. The summed E-state index contributed by atoms with van der Waals surface area (Å²) in [6.07, 6.45) is 0. The molecule has 1 aromatic rings. The molecular weight excluding hydrogens is 172 g/mol. The molecule has 1 N–H and O–H groups in total. The summed E-state index contributed by atoms with van der Waals surface area (Å²) in [6.45, 7) is 3.35. The zero-order valence-corrected chi connectivity index (χ0v) is 7.83. The summed E-state index contributed by atoms with van der Waals surface area (Å²) in [4.78, 5) is 22.3. The molecule has 0 spiro atoms. The lowest BCUT2D eigenvalue weighted by molar-refractivity contribution is -0.144. The number of ether oxygens (including phenoxy) is 1. The smallest absolute Gasteiger partial charge is 0.330 e. The van der Waals surface area contributed by atoms with E-state index in [1.54, 1.807) is 13.8 Å². The molecule has 0 bridgehead atoms. The van der Waals surface area contributed by atoms with Crippen LogP contribution in [0.4, 0.5) is 0 Å². The van der Waals surface area contributed by atoms with Gasteiger partial charge < -0.3 is 4.74 Å². The highest BCUT2D eigenvalue weighted by atomic mass is 16.5. The highest BCUT2D eigenvalue weighted by Crippen LogP contribution is 2.02. The van der Waals surface area contributed by atoms with Crippen LogP contribution in [0, 0.1) is 6.92 Å². The monoisotopic (exact) mass is 184 g/mol. The van der Waals surface area contributed by atoms with E-state index in [9.17, 15) is 9.59 Å². The van der Waals surface area contributed by atoms with E-state index in [1.807, 2.05) is 0 Å². The number of aryl methyl sites for hydroxylation is 1. The van der Waals surface area contributed by atoms with Crippen LogP contribution in [0.1, 0.15) is 18.7 Å². The molecule has 5 nitrogen and oxygen atoms in total. The standard InChI is InChI=1S/C8H12N2O3/c1-5-4-7(11)10(9-5)6(2)8(12)13-3/h4,6,9H,1-3H3/t6-/m0/s1. The number of carbonyl (C=O) groups is 1. The minimum absolute atomic E-state index is 0.226. The molecule has 0 aromatic carbocycles. The number of nitrogens with one attached hydrogen (secondary N) is 1. The Labute approximate surface area is 75.3 Å². The van der Waals surface area contributed by atoms with Crippen molar-refractivity contribution in [3.05, 3.63) is 22.1 Å². The third-order valence-corrected chi connectivity index (χ3v) is 1.80. The Hall–Kier alpha value is -1.52. The lowest BCUT2D eigenvalue weighted by atomic mass is 10.3. The fraction of sp³-hybridized carbons (Fsp3) is 0.500. The number of nitrogens with zero attached hydrogens (tertiary/aromatic N) is 1. The molecule has 0 radical (unpaired) electrons. The van der Waals surface area contributed by atoms with Crippen molar-refractivity contribution in [2.24, 2.45) is 0 Å². The number of methoxy groups -OCH3 is 1. The summed E-state index contributed by atoms with van der Waals surface area (Å²) >= 11 is 0. The van der Waals surface area contributed by atoms with Gasteiger partial charge in [0.2, 0.25) is 0 Å². The van der Waals surface area contributed by atoms with Gasteiger partial charge in [0.05, 0.1) is 7.11 Å². The van der Waals surface area contributed by atoms with Gasteiger partial charge in [0.1, 0.15) is 6.04 Å². The largest absolute Gasteiger partial charge is 0.467 e. The molecule has 0 aliphatic heterocycles. The number of carbonyl (C=O) groups excluding carboxylic acids is 1. The Bertz CT molecular complexity index is 364. The van der Waals surface area contributed by atoms with Gasteiger partial charge in [-0.15, -0.1) is 0 Å². The van der Waals surface area contributed by atoms with Gasteiger partial charge in [-0.3, -0.25) is 9.89 Å². The fourth-order valence-corrected chi connectivity index (χ4v) is 1.10. The third kappa shape index (κ3) is 1.80. The van der Waals surface area contributed by atoms with Crippen molar-refractivity contribution in [3.63, 3.8) is 0 Å². The number of rotatable bonds is 2. The van der Waals surface area contributed by atoms with Crippen LogP contribution in [0.3, 0.4) is 0 Å². The van der Waals surface area contributed by atoms with Gasteiger partial charge >= 0.3 is 5.97 Å². The number of aromatic nitrogens is 2. The van der Waals surface area contributed by atoms with E-state index in [4.69, 9.17) is 0 Å². The molecular formula is C8H12N2O3. The predicted molar refractivity (Wildman–Crippen MR) is 46.5 cm³/mol. The maximum Gasteiger partial charge on any atom is 0.330 e. The van der Waals surface area contributed by atoms with Crippen LogP contribution in [-0.4, -0.2) is 22.9 Å². The molecule has 1 aromatic heterocycles. The molecule has 0 unspecified atom stereocenters. The summed E-state index contributed by atoms with van der Waals surface area (Å²) in [5.74, 6) is -0.441. The van der Waals surface area contributed by atoms with Gasteiger partial charge in [0.25, 0.3) is 5.56 Å². The minimum atomic E-state index is -0.605. The normalized spacial score (nSPS) is 12.5. The number of hydrogen-bond acceptors (Lipinski definition) is 3. The van der Waals surface area contributed by atoms with Crippen LogP contribution in [0.5, 0.6) is 0 Å². The molecule has 0 aliphatic carbocycles. The Morgan fingerprint density at radius 2 is 2.31 bits per heavy atom. The van der Waals surface area contributed by atoms with E-state index in [-0.39, 0.29) is 5.56 Å². The molecule has 1 heterocycles. The highest BCUT2D eigenvalue weighted by Gasteiger charge is 2.17. The van der Waals surface area contributed by atoms with Gasteiger partial charge in [0.15, 0.2) is 0 Å². The summed E-state index contributed by atoms with van der Waals surface area (Å²) < 4.78 is 5.75. The lowest BCUT2D eigenvalue weighted by Gasteiger charge is -2.08. The average Bonchev–Trinajstić information content (AvgIpc) is 2.42. The Kier molecular flexibility index (Phi) is 2.55. The first-order valence-electron chi connectivity index (χ1n) is 3.92. The predicted octanol–water partition coefficient (Wildman–Crippen LogP) is 0.219. The summed E-state index contributed by atoms with van der Waals surface area (Å²) in [7, 11) is 1.29. The minimum Gasteiger partial charge on any atom is -0.467 e. The van der Waals surface area contributed by atoms with E-state index in [1.165, 1.54) is 17.9 Å². The summed E-state index contributed by atoms with van der Waals surface area (Å²) in [5, 5.41) is 2.76. The van der Waals surface area contributed by atoms with E-state index < -0.39 is 12.0 Å². The van der Waals surface area contributed by atoms with Crippen molar-refractivity contribution >= 4 is 5.97 Å². The van der Waals surface area contributed by atoms with Gasteiger partial charge in [-0.05, 0) is 13.8 Å². The molecule has 1 atom stereocenters. The second kappa shape index (κ2) is 3.47. The molecule has 5 heteroatoms. The number of hydrogen-bond donors (Lipinski definition) is 1. The number of H-pyrrole nitrogens is 1. The summed E-state index contributed by atoms with van der Waals surface area (Å²) in [5.41, 5.74) is 0.496. The van der Waals surface area contributed by atoms with Gasteiger partial charge in [-0.1, -0.05) is 0 Å². The molecule has 1 rings (SSSR count). The second-order valence-corrected chi connectivity index (χ2v) is 2.85. The number of aromatic amines is 1. The molecule has 0 aliphatic rings. The zero-order valence-electron chi connectivity index (χ0n) is 7.83. The van der Waals surface area contributed by atoms with Crippen LogP contribution in [0.15, 0.2) is 10.9 Å². The first-order valence-corrected chi connectivity index (χ1v) is 3.92. The third-order valence-electron chi connectivity index (χ3n) is 1.80. The van der Waals surface area contributed by atoms with Crippen LogP contribution < -0.4 is 5.56 Å². The Balaban J connectivity index is 3.01. The van der Waals surface area contributed by atoms with E-state index >= 15 is 0 Å². The maximum atomic E-state index is 11.2. The maximum absolute atomic E-state index is 11.2. The van der Waals surface area contributed by atoms with Gasteiger partial charge in [0, 0.05) is 11.8 Å². The lowest BCUT2D eigenvalue weighted by Crippen LogP contribution is -2.26. The van der Waals surface area contributed by atoms with Crippen LogP contribution >= 0.6 is 0 Å². The molecule has 0 saturated carbocycles. The molecule has 0 amide bonds. The van der Waals surface area contributed by atoms with Crippen LogP contribution in [0.25, 0.3) is 0 Å².